The molecule has 0 heterocycles. The highest BCUT2D eigenvalue weighted by atomic mass is 32.2. The van der Waals surface area contributed by atoms with Crippen molar-refractivity contribution in [2.45, 2.75) is 30.7 Å². The first kappa shape index (κ1) is 11.3. The van der Waals surface area contributed by atoms with Gasteiger partial charge in [-0.2, -0.15) is 5.26 Å². The third-order valence-corrected chi connectivity index (χ3v) is 3.93. The van der Waals surface area contributed by atoms with Crippen LogP contribution in [0.3, 0.4) is 0 Å². The summed E-state index contributed by atoms with van der Waals surface area (Å²) in [7, 11) is 0. The molecule has 0 saturated heterocycles. The van der Waals surface area contributed by atoms with Gasteiger partial charge in [-0.15, -0.1) is 11.8 Å². The molecule has 0 bridgehead atoms. The molecule has 2 rings (SSSR count). The second kappa shape index (κ2) is 4.80. The van der Waals surface area contributed by atoms with Gasteiger partial charge in [-0.25, -0.2) is 0 Å². The monoisotopic (exact) mass is 232 g/mol. The van der Waals surface area contributed by atoms with Gasteiger partial charge >= 0.3 is 0 Å². The number of hydrogen-bond donors (Lipinski definition) is 1. The summed E-state index contributed by atoms with van der Waals surface area (Å²) in [5, 5.41) is 12.7. The maximum Gasteiger partial charge on any atom is 0.102 e. The Bertz CT molecular complexity index is 422. The molecular weight excluding hydrogens is 216 g/mol. The predicted molar refractivity (Wildman–Crippen MR) is 68.7 cm³/mol. The van der Waals surface area contributed by atoms with E-state index in [2.05, 4.69) is 18.3 Å². The summed E-state index contributed by atoms with van der Waals surface area (Å²) in [5.41, 5.74) is 1.78. The highest BCUT2D eigenvalue weighted by molar-refractivity contribution is 7.98. The van der Waals surface area contributed by atoms with Gasteiger partial charge in [-0.3, -0.25) is 0 Å². The summed E-state index contributed by atoms with van der Waals surface area (Å²) >= 11 is 1.63. The van der Waals surface area contributed by atoms with Gasteiger partial charge in [0.2, 0.25) is 0 Å². The molecule has 2 atom stereocenters. The molecule has 1 aliphatic rings. The molecule has 0 amide bonds. The van der Waals surface area contributed by atoms with Gasteiger partial charge in [0.25, 0.3) is 0 Å². The van der Waals surface area contributed by atoms with Gasteiger partial charge in [0.15, 0.2) is 0 Å². The van der Waals surface area contributed by atoms with Crippen LogP contribution in [0.1, 0.15) is 25.3 Å². The minimum Gasteiger partial charge on any atom is -0.381 e. The molecule has 1 aliphatic carbocycles. The molecule has 0 radical (unpaired) electrons. The lowest BCUT2D eigenvalue weighted by Gasteiger charge is -2.10. The summed E-state index contributed by atoms with van der Waals surface area (Å²) in [6.45, 7) is 2.22. The van der Waals surface area contributed by atoms with E-state index in [0.717, 1.165) is 22.1 Å². The first-order chi connectivity index (χ1) is 7.80. The Morgan fingerprint density at radius 3 is 2.94 bits per heavy atom. The Hall–Kier alpha value is -1.14. The summed E-state index contributed by atoms with van der Waals surface area (Å²) in [6.07, 6.45) is 4.47. The van der Waals surface area contributed by atoms with Crippen LogP contribution in [0.5, 0.6) is 0 Å². The van der Waals surface area contributed by atoms with Crippen molar-refractivity contribution in [2.24, 2.45) is 5.92 Å². The molecular formula is C13H16N2S. The number of benzene rings is 1. The maximum atomic E-state index is 9.18. The fraction of sp³-hybridized carbons (Fsp3) is 0.462. The molecule has 1 fully saturated rings. The lowest BCUT2D eigenvalue weighted by molar-refractivity contribution is 0.774. The van der Waals surface area contributed by atoms with Crippen LogP contribution in [0.4, 0.5) is 5.69 Å². The van der Waals surface area contributed by atoms with Crippen LogP contribution in [0, 0.1) is 17.2 Å². The van der Waals surface area contributed by atoms with Crippen LogP contribution in [0.2, 0.25) is 0 Å². The molecule has 84 valence electrons. The van der Waals surface area contributed by atoms with Crippen LogP contribution in [-0.2, 0) is 0 Å². The smallest absolute Gasteiger partial charge is 0.102 e. The van der Waals surface area contributed by atoms with E-state index in [-0.39, 0.29) is 0 Å². The Morgan fingerprint density at radius 2 is 2.38 bits per heavy atom. The van der Waals surface area contributed by atoms with E-state index in [1.807, 2.05) is 24.5 Å². The Morgan fingerprint density at radius 1 is 1.56 bits per heavy atom. The van der Waals surface area contributed by atoms with E-state index >= 15 is 0 Å². The van der Waals surface area contributed by atoms with Crippen molar-refractivity contribution in [3.8, 4) is 6.07 Å². The fourth-order valence-electron chi connectivity index (χ4n) is 2.01. The second-order valence-electron chi connectivity index (χ2n) is 4.15. The standard InChI is InChI=1S/C13H16N2S/c1-3-9-7-12(9)15-11-5-4-6-13(16-2)10(11)8-14/h4-6,9,12,15H,3,7H2,1-2H3. The van der Waals surface area contributed by atoms with E-state index < -0.39 is 0 Å². The van der Waals surface area contributed by atoms with Gasteiger partial charge < -0.3 is 5.32 Å². The molecule has 1 aromatic rings. The number of anilines is 1. The Labute approximate surface area is 101 Å². The third-order valence-electron chi connectivity index (χ3n) is 3.15. The highest BCUT2D eigenvalue weighted by Crippen LogP contribution is 2.37. The van der Waals surface area contributed by atoms with Crippen molar-refractivity contribution in [2.75, 3.05) is 11.6 Å². The molecule has 16 heavy (non-hydrogen) atoms. The minimum absolute atomic E-state index is 0.578. The zero-order valence-corrected chi connectivity index (χ0v) is 10.5. The number of hydrogen-bond acceptors (Lipinski definition) is 3. The van der Waals surface area contributed by atoms with Gasteiger partial charge in [-0.05, 0) is 30.7 Å². The van der Waals surface area contributed by atoms with Crippen molar-refractivity contribution in [1.29, 1.82) is 5.26 Å². The minimum atomic E-state index is 0.578. The number of rotatable bonds is 4. The molecule has 1 saturated carbocycles. The van der Waals surface area contributed by atoms with Crippen LogP contribution in [0.25, 0.3) is 0 Å². The van der Waals surface area contributed by atoms with E-state index in [9.17, 15) is 5.26 Å². The molecule has 2 nitrogen and oxygen atoms in total. The molecule has 1 N–H and O–H groups in total. The van der Waals surface area contributed by atoms with E-state index in [0.29, 0.717) is 6.04 Å². The van der Waals surface area contributed by atoms with Crippen LogP contribution < -0.4 is 5.32 Å². The Balaban J connectivity index is 2.18. The van der Waals surface area contributed by atoms with E-state index in [1.54, 1.807) is 11.8 Å². The third kappa shape index (κ3) is 2.17. The quantitative estimate of drug-likeness (QED) is 0.807. The van der Waals surface area contributed by atoms with E-state index in [4.69, 9.17) is 0 Å². The number of nitriles is 1. The zero-order valence-electron chi connectivity index (χ0n) is 9.66. The molecule has 3 heteroatoms. The summed E-state index contributed by atoms with van der Waals surface area (Å²) < 4.78 is 0. The first-order valence-corrected chi connectivity index (χ1v) is 6.86. The maximum absolute atomic E-state index is 9.18. The van der Waals surface area contributed by atoms with Crippen molar-refractivity contribution in [3.63, 3.8) is 0 Å². The summed E-state index contributed by atoms with van der Waals surface area (Å²) in [4.78, 5) is 1.06. The van der Waals surface area contributed by atoms with Crippen LogP contribution in [-0.4, -0.2) is 12.3 Å². The number of nitrogens with zero attached hydrogens (tertiary/aromatic N) is 1. The van der Waals surface area contributed by atoms with Gasteiger partial charge in [0.1, 0.15) is 6.07 Å². The zero-order chi connectivity index (χ0) is 11.5. The topological polar surface area (TPSA) is 35.8 Å². The molecule has 2 unspecified atom stereocenters. The van der Waals surface area contributed by atoms with Crippen molar-refractivity contribution >= 4 is 17.4 Å². The lowest BCUT2D eigenvalue weighted by atomic mass is 10.2. The van der Waals surface area contributed by atoms with Crippen LogP contribution in [0.15, 0.2) is 23.1 Å². The number of thioether (sulfide) groups is 1. The normalized spacial score (nSPS) is 22.6. The van der Waals surface area contributed by atoms with Crippen molar-refractivity contribution < 1.29 is 0 Å². The fourth-order valence-corrected chi connectivity index (χ4v) is 2.59. The number of nitrogens with one attached hydrogen (secondary N) is 1. The molecule has 0 aromatic heterocycles. The van der Waals surface area contributed by atoms with Gasteiger partial charge in [-0.1, -0.05) is 19.4 Å². The van der Waals surface area contributed by atoms with Crippen molar-refractivity contribution in [3.05, 3.63) is 23.8 Å². The average Bonchev–Trinajstić information content (AvgIpc) is 3.07. The largest absolute Gasteiger partial charge is 0.381 e. The molecule has 1 aromatic carbocycles. The SMILES string of the molecule is CCC1CC1Nc1cccc(SC)c1C#N. The van der Waals surface area contributed by atoms with Gasteiger partial charge in [0.05, 0.1) is 11.3 Å². The second-order valence-corrected chi connectivity index (χ2v) is 5.00. The predicted octanol–water partition coefficient (Wildman–Crippen LogP) is 3.49. The highest BCUT2D eigenvalue weighted by Gasteiger charge is 2.35. The van der Waals surface area contributed by atoms with E-state index in [1.165, 1.54) is 12.8 Å². The average molecular weight is 232 g/mol. The summed E-state index contributed by atoms with van der Waals surface area (Å²) in [5.74, 6) is 0.796. The van der Waals surface area contributed by atoms with Crippen LogP contribution >= 0.6 is 11.8 Å². The molecule has 0 aliphatic heterocycles. The lowest BCUT2D eigenvalue weighted by Crippen LogP contribution is -2.06. The van der Waals surface area contributed by atoms with Crippen molar-refractivity contribution in [1.82, 2.24) is 0 Å². The first-order valence-electron chi connectivity index (χ1n) is 5.63. The molecule has 0 spiro atoms. The summed E-state index contributed by atoms with van der Waals surface area (Å²) in [6, 6.07) is 8.89. The Kier molecular flexibility index (Phi) is 3.40. The van der Waals surface area contributed by atoms with Gasteiger partial charge in [0, 0.05) is 10.9 Å².